The SMILES string of the molecule is CCCCCCCCCCCCCCCCCCCCCCCC(=O)OC(COC(=O)CCCCCCC)COP(=O)(O)OCC[N+](C)(C)C. The average molecular weight is 735 g/mol. The van der Waals surface area contributed by atoms with Crippen LogP contribution in [0.4, 0.5) is 0 Å². The van der Waals surface area contributed by atoms with Gasteiger partial charge in [-0.2, -0.15) is 0 Å². The molecular formula is C40H81NO8P+. The molecule has 0 saturated carbocycles. The Labute approximate surface area is 308 Å². The maximum Gasteiger partial charge on any atom is 0.472 e. The van der Waals surface area contributed by atoms with E-state index in [0.29, 0.717) is 11.0 Å². The van der Waals surface area contributed by atoms with E-state index in [2.05, 4.69) is 13.8 Å². The summed E-state index contributed by atoms with van der Waals surface area (Å²) in [5.74, 6) is -0.802. The number of carbonyl (C=O) groups is 2. The first kappa shape index (κ1) is 49.0. The van der Waals surface area contributed by atoms with E-state index < -0.39 is 26.5 Å². The molecule has 0 aliphatic rings. The first-order chi connectivity index (χ1) is 24.0. The maximum absolute atomic E-state index is 12.6. The van der Waals surface area contributed by atoms with E-state index in [0.717, 1.165) is 51.4 Å². The zero-order valence-electron chi connectivity index (χ0n) is 33.4. The Balaban J connectivity index is 4.10. The number of carbonyl (C=O) groups excluding carboxylic acids is 2. The summed E-state index contributed by atoms with van der Waals surface area (Å²) in [7, 11) is 1.49. The van der Waals surface area contributed by atoms with E-state index >= 15 is 0 Å². The number of rotatable bonds is 38. The van der Waals surface area contributed by atoms with Gasteiger partial charge in [0.25, 0.3) is 0 Å². The van der Waals surface area contributed by atoms with Crippen molar-refractivity contribution >= 4 is 19.8 Å². The molecule has 0 aliphatic carbocycles. The predicted octanol–water partition coefficient (Wildman–Crippen LogP) is 11.2. The van der Waals surface area contributed by atoms with Crippen molar-refractivity contribution in [3.05, 3.63) is 0 Å². The summed E-state index contributed by atoms with van der Waals surface area (Å²) in [6.45, 7) is 4.35. The Morgan fingerprint density at radius 2 is 0.900 bits per heavy atom. The molecule has 0 saturated heterocycles. The molecule has 9 nitrogen and oxygen atoms in total. The lowest BCUT2D eigenvalue weighted by Crippen LogP contribution is -2.37. The van der Waals surface area contributed by atoms with Crippen molar-refractivity contribution < 1.29 is 42.1 Å². The van der Waals surface area contributed by atoms with Crippen LogP contribution in [0.3, 0.4) is 0 Å². The van der Waals surface area contributed by atoms with Gasteiger partial charge >= 0.3 is 19.8 Å². The van der Waals surface area contributed by atoms with Crippen LogP contribution in [-0.4, -0.2) is 74.9 Å². The molecule has 0 aromatic rings. The monoisotopic (exact) mass is 735 g/mol. The topological polar surface area (TPSA) is 108 Å². The normalized spacial score (nSPS) is 13.6. The van der Waals surface area contributed by atoms with Crippen molar-refractivity contribution in [1.29, 1.82) is 0 Å². The molecule has 50 heavy (non-hydrogen) atoms. The van der Waals surface area contributed by atoms with Gasteiger partial charge in [0.1, 0.15) is 19.8 Å². The number of hydrogen-bond donors (Lipinski definition) is 1. The van der Waals surface area contributed by atoms with Crippen molar-refractivity contribution in [2.24, 2.45) is 0 Å². The Morgan fingerprint density at radius 1 is 0.540 bits per heavy atom. The van der Waals surface area contributed by atoms with E-state index in [4.69, 9.17) is 18.5 Å². The minimum atomic E-state index is -4.35. The zero-order valence-corrected chi connectivity index (χ0v) is 34.3. The third-order valence-electron chi connectivity index (χ3n) is 9.14. The standard InChI is InChI=1S/C40H80NO8P/c1-6-8-10-12-13-14-15-16-17-18-19-20-21-22-23-24-25-26-27-29-31-33-40(43)49-38(36-46-39(42)32-30-28-11-9-7-2)37-48-50(44,45)47-35-34-41(3,4)5/h38H,6-37H2,1-5H3/p+1. The zero-order chi connectivity index (χ0) is 37.2. The van der Waals surface area contributed by atoms with E-state index in [9.17, 15) is 19.0 Å². The summed E-state index contributed by atoms with van der Waals surface area (Å²) in [5, 5.41) is 0. The number of hydrogen-bond acceptors (Lipinski definition) is 7. The van der Waals surface area contributed by atoms with Gasteiger partial charge in [0.15, 0.2) is 6.10 Å². The second-order valence-corrected chi connectivity index (χ2v) is 16.8. The van der Waals surface area contributed by atoms with Crippen LogP contribution in [0.1, 0.15) is 194 Å². The van der Waals surface area contributed by atoms with Crippen molar-refractivity contribution in [1.82, 2.24) is 0 Å². The molecule has 0 aromatic carbocycles. The van der Waals surface area contributed by atoms with Gasteiger partial charge in [-0.3, -0.25) is 18.6 Å². The highest BCUT2D eigenvalue weighted by atomic mass is 31.2. The minimum Gasteiger partial charge on any atom is -0.462 e. The highest BCUT2D eigenvalue weighted by Crippen LogP contribution is 2.43. The van der Waals surface area contributed by atoms with Gasteiger partial charge in [-0.1, -0.05) is 168 Å². The molecule has 10 heteroatoms. The van der Waals surface area contributed by atoms with Crippen molar-refractivity contribution in [2.75, 3.05) is 47.5 Å². The maximum atomic E-state index is 12.6. The molecule has 298 valence electrons. The second kappa shape index (κ2) is 33.8. The fourth-order valence-corrected chi connectivity index (χ4v) is 6.58. The van der Waals surface area contributed by atoms with Gasteiger partial charge in [0, 0.05) is 12.8 Å². The molecule has 0 fully saturated rings. The average Bonchev–Trinajstić information content (AvgIpc) is 3.06. The van der Waals surface area contributed by atoms with Crippen LogP contribution < -0.4 is 0 Å². The van der Waals surface area contributed by atoms with Crippen LogP contribution in [0.15, 0.2) is 0 Å². The van der Waals surface area contributed by atoms with Gasteiger partial charge in [-0.25, -0.2) is 4.57 Å². The molecule has 1 N–H and O–H groups in total. The lowest BCUT2D eigenvalue weighted by Gasteiger charge is -2.24. The molecule has 0 bridgehead atoms. The summed E-state index contributed by atoms with van der Waals surface area (Å²) in [4.78, 5) is 34.9. The number of phosphoric acid groups is 1. The summed E-state index contributed by atoms with van der Waals surface area (Å²) in [5.41, 5.74) is 0. The molecule has 0 aromatic heterocycles. The number of unbranched alkanes of at least 4 members (excludes halogenated alkanes) is 24. The molecule has 0 spiro atoms. The summed E-state index contributed by atoms with van der Waals surface area (Å²) < 4.78 is 34.0. The first-order valence-corrected chi connectivity index (χ1v) is 22.3. The Kier molecular flexibility index (Phi) is 33.2. The summed E-state index contributed by atoms with van der Waals surface area (Å²) in [6, 6.07) is 0. The number of likely N-dealkylation sites (N-methyl/N-ethyl adjacent to an activating group) is 1. The van der Waals surface area contributed by atoms with Crippen molar-refractivity contribution in [3.63, 3.8) is 0 Å². The highest BCUT2D eigenvalue weighted by molar-refractivity contribution is 7.47. The lowest BCUT2D eigenvalue weighted by molar-refractivity contribution is -0.870. The van der Waals surface area contributed by atoms with E-state index in [1.165, 1.54) is 116 Å². The number of quaternary nitrogens is 1. The lowest BCUT2D eigenvalue weighted by atomic mass is 10.0. The molecule has 0 radical (unpaired) electrons. The quantitative estimate of drug-likeness (QED) is 0.0289. The van der Waals surface area contributed by atoms with E-state index in [1.54, 1.807) is 0 Å². The molecule has 0 rings (SSSR count). The van der Waals surface area contributed by atoms with Crippen LogP contribution in [0, 0.1) is 0 Å². The molecule has 0 amide bonds. The Hall–Kier alpha value is -0.990. The minimum absolute atomic E-state index is 0.0359. The van der Waals surface area contributed by atoms with Crippen molar-refractivity contribution in [2.45, 2.75) is 200 Å². The van der Waals surface area contributed by atoms with Crippen molar-refractivity contribution in [3.8, 4) is 0 Å². The fraction of sp³-hybridized carbons (Fsp3) is 0.950. The number of nitrogens with zero attached hydrogens (tertiary/aromatic N) is 1. The molecule has 2 unspecified atom stereocenters. The van der Waals surface area contributed by atoms with Crippen LogP contribution in [0.5, 0.6) is 0 Å². The highest BCUT2D eigenvalue weighted by Gasteiger charge is 2.27. The smallest absolute Gasteiger partial charge is 0.462 e. The second-order valence-electron chi connectivity index (χ2n) is 15.4. The molecule has 0 heterocycles. The fourth-order valence-electron chi connectivity index (χ4n) is 5.84. The van der Waals surface area contributed by atoms with Crippen LogP contribution in [0.25, 0.3) is 0 Å². The third kappa shape index (κ3) is 36.8. The molecule has 2 atom stereocenters. The molecule has 0 aliphatic heterocycles. The molecular weight excluding hydrogens is 653 g/mol. The van der Waals surface area contributed by atoms with E-state index in [1.807, 2.05) is 21.1 Å². The Bertz CT molecular complexity index is 835. The van der Waals surface area contributed by atoms with Gasteiger partial charge < -0.3 is 18.9 Å². The van der Waals surface area contributed by atoms with Gasteiger partial charge in [-0.15, -0.1) is 0 Å². The summed E-state index contributed by atoms with van der Waals surface area (Å²) in [6.07, 6.45) is 32.0. The van der Waals surface area contributed by atoms with Gasteiger partial charge in [-0.05, 0) is 12.8 Å². The number of esters is 2. The van der Waals surface area contributed by atoms with Gasteiger partial charge in [0.05, 0.1) is 27.7 Å². The number of phosphoric ester groups is 1. The van der Waals surface area contributed by atoms with E-state index in [-0.39, 0.29) is 32.0 Å². The first-order valence-electron chi connectivity index (χ1n) is 20.8. The third-order valence-corrected chi connectivity index (χ3v) is 10.1. The summed E-state index contributed by atoms with van der Waals surface area (Å²) >= 11 is 0. The van der Waals surface area contributed by atoms with Gasteiger partial charge in [0.2, 0.25) is 0 Å². The predicted molar refractivity (Wildman–Crippen MR) is 206 cm³/mol. The van der Waals surface area contributed by atoms with Crippen LogP contribution in [0.2, 0.25) is 0 Å². The Morgan fingerprint density at radius 3 is 1.28 bits per heavy atom. The van der Waals surface area contributed by atoms with Crippen LogP contribution >= 0.6 is 7.82 Å². The van der Waals surface area contributed by atoms with Crippen LogP contribution in [-0.2, 0) is 32.7 Å². The number of ether oxygens (including phenoxy) is 2. The largest absolute Gasteiger partial charge is 0.472 e.